The van der Waals surface area contributed by atoms with Gasteiger partial charge in [0.15, 0.2) is 5.78 Å². The fourth-order valence-electron chi connectivity index (χ4n) is 3.88. The van der Waals surface area contributed by atoms with E-state index in [-0.39, 0.29) is 11.7 Å². The topological polar surface area (TPSA) is 43.1 Å². The van der Waals surface area contributed by atoms with Crippen LogP contribution in [-0.2, 0) is 10.2 Å². The highest BCUT2D eigenvalue weighted by Crippen LogP contribution is 2.52. The summed E-state index contributed by atoms with van der Waals surface area (Å²) in [5.41, 5.74) is 8.93. The summed E-state index contributed by atoms with van der Waals surface area (Å²) in [7, 11) is 0. The smallest absolute Gasteiger partial charge is 0.156 e. The number of carbonyl (C=O) groups is 1. The quantitative estimate of drug-likeness (QED) is 0.749. The average Bonchev–Trinajstić information content (AvgIpc) is 3.25. The second-order valence-electron chi connectivity index (χ2n) is 6.31. The Labute approximate surface area is 142 Å². The molecule has 4 rings (SSSR count). The molecule has 1 aliphatic rings. The van der Waals surface area contributed by atoms with E-state index >= 15 is 0 Å². The van der Waals surface area contributed by atoms with E-state index in [2.05, 4.69) is 36.4 Å². The number of nitrogens with two attached hydrogens (primary N) is 1. The van der Waals surface area contributed by atoms with Gasteiger partial charge in [-0.05, 0) is 16.7 Å². The summed E-state index contributed by atoms with van der Waals surface area (Å²) < 4.78 is 0. The third-order valence-electron chi connectivity index (χ3n) is 5.04. The summed E-state index contributed by atoms with van der Waals surface area (Å²) in [4.78, 5) is 12.5. The van der Waals surface area contributed by atoms with E-state index in [9.17, 15) is 4.79 Å². The van der Waals surface area contributed by atoms with Crippen LogP contribution >= 0.6 is 0 Å². The Morgan fingerprint density at radius 1 is 0.625 bits per heavy atom. The molecule has 0 bridgehead atoms. The van der Waals surface area contributed by atoms with Crippen LogP contribution in [-0.4, -0.2) is 11.8 Å². The molecule has 2 nitrogen and oxygen atoms in total. The van der Waals surface area contributed by atoms with Gasteiger partial charge < -0.3 is 5.73 Å². The lowest BCUT2D eigenvalue weighted by Crippen LogP contribution is -2.34. The molecule has 2 atom stereocenters. The minimum absolute atomic E-state index is 0.131. The van der Waals surface area contributed by atoms with Crippen molar-refractivity contribution in [1.29, 1.82) is 0 Å². The summed E-state index contributed by atoms with van der Waals surface area (Å²) in [6.07, 6.45) is 0. The predicted molar refractivity (Wildman–Crippen MR) is 95.7 cm³/mol. The highest BCUT2D eigenvalue weighted by molar-refractivity contribution is 6.05. The fraction of sp³-hybridized carbons (Fsp3) is 0.136. The summed E-state index contributed by atoms with van der Waals surface area (Å²) in [5.74, 6) is -0.101. The van der Waals surface area contributed by atoms with Gasteiger partial charge in [-0.25, -0.2) is 0 Å². The second kappa shape index (κ2) is 5.73. The molecule has 3 aromatic rings. The van der Waals surface area contributed by atoms with Gasteiger partial charge in [-0.2, -0.15) is 0 Å². The number of rotatable bonds is 4. The van der Waals surface area contributed by atoms with Gasteiger partial charge >= 0.3 is 0 Å². The van der Waals surface area contributed by atoms with Gasteiger partial charge in [-0.1, -0.05) is 91.0 Å². The first-order valence-corrected chi connectivity index (χ1v) is 8.22. The SMILES string of the molecule is NC1C(=O)C1C(c1ccccc1)(c1ccccc1)c1ccccc1. The molecule has 2 N–H and O–H groups in total. The molecule has 118 valence electrons. The van der Waals surface area contributed by atoms with Crippen molar-refractivity contribution in [3.8, 4) is 0 Å². The van der Waals surface area contributed by atoms with Crippen LogP contribution in [0.2, 0.25) is 0 Å². The molecule has 2 heteroatoms. The van der Waals surface area contributed by atoms with Crippen molar-refractivity contribution in [2.45, 2.75) is 11.5 Å². The van der Waals surface area contributed by atoms with Crippen molar-refractivity contribution in [3.63, 3.8) is 0 Å². The molecule has 0 spiro atoms. The van der Waals surface area contributed by atoms with Crippen LogP contribution in [0.3, 0.4) is 0 Å². The van der Waals surface area contributed by atoms with Crippen molar-refractivity contribution in [3.05, 3.63) is 108 Å². The number of carbonyl (C=O) groups excluding carboxylic acids is 1. The highest BCUT2D eigenvalue weighted by atomic mass is 16.1. The van der Waals surface area contributed by atoms with Crippen molar-refractivity contribution in [2.75, 3.05) is 0 Å². The standard InChI is InChI=1S/C22H19NO/c23-20-19(21(20)24)22(16-10-4-1-5-11-16,17-12-6-2-7-13-17)18-14-8-3-9-15-18/h1-15,19-20H,23H2. The Balaban J connectivity index is 2.06. The maximum Gasteiger partial charge on any atom is 0.156 e. The zero-order valence-corrected chi connectivity index (χ0v) is 13.3. The van der Waals surface area contributed by atoms with Crippen LogP contribution < -0.4 is 5.73 Å². The molecule has 24 heavy (non-hydrogen) atoms. The zero-order chi connectivity index (χ0) is 16.6. The average molecular weight is 313 g/mol. The Kier molecular flexibility index (Phi) is 3.55. The maximum atomic E-state index is 12.5. The van der Waals surface area contributed by atoms with E-state index in [0.29, 0.717) is 0 Å². The Morgan fingerprint density at radius 2 is 0.917 bits per heavy atom. The molecule has 0 amide bonds. The van der Waals surface area contributed by atoms with Crippen molar-refractivity contribution in [2.24, 2.45) is 11.7 Å². The molecule has 0 saturated heterocycles. The van der Waals surface area contributed by atoms with E-state index in [1.54, 1.807) is 0 Å². The van der Waals surface area contributed by atoms with Crippen LogP contribution in [0.4, 0.5) is 0 Å². The van der Waals surface area contributed by atoms with Crippen molar-refractivity contribution >= 4 is 5.78 Å². The molecule has 0 aliphatic heterocycles. The van der Waals surface area contributed by atoms with Crippen LogP contribution in [0.25, 0.3) is 0 Å². The number of hydrogen-bond donors (Lipinski definition) is 1. The van der Waals surface area contributed by atoms with Gasteiger partial charge in [-0.15, -0.1) is 0 Å². The lowest BCUT2D eigenvalue weighted by atomic mass is 9.66. The number of hydrogen-bond acceptors (Lipinski definition) is 2. The number of benzene rings is 3. The monoisotopic (exact) mass is 313 g/mol. The molecule has 2 unspecified atom stereocenters. The van der Waals surface area contributed by atoms with Gasteiger partial charge in [0.05, 0.1) is 17.4 Å². The largest absolute Gasteiger partial charge is 0.321 e. The lowest BCUT2D eigenvalue weighted by molar-refractivity contribution is -0.111. The molecule has 0 aromatic heterocycles. The minimum Gasteiger partial charge on any atom is -0.321 e. The second-order valence-corrected chi connectivity index (χ2v) is 6.31. The first-order chi connectivity index (χ1) is 11.8. The van der Waals surface area contributed by atoms with Crippen molar-refractivity contribution in [1.82, 2.24) is 0 Å². The van der Waals surface area contributed by atoms with Crippen LogP contribution in [0.15, 0.2) is 91.0 Å². The van der Waals surface area contributed by atoms with Crippen molar-refractivity contribution < 1.29 is 4.79 Å². The summed E-state index contributed by atoms with van der Waals surface area (Å²) in [5, 5.41) is 0. The van der Waals surface area contributed by atoms with Crippen LogP contribution in [0, 0.1) is 5.92 Å². The summed E-state index contributed by atoms with van der Waals surface area (Å²) in [6.45, 7) is 0. The third-order valence-corrected chi connectivity index (χ3v) is 5.04. The molecule has 0 radical (unpaired) electrons. The zero-order valence-electron chi connectivity index (χ0n) is 13.3. The first kappa shape index (κ1) is 14.9. The molecule has 0 heterocycles. The Morgan fingerprint density at radius 3 is 1.17 bits per heavy atom. The molecule has 1 saturated carbocycles. The van der Waals surface area contributed by atoms with Gasteiger partial charge in [0.1, 0.15) is 0 Å². The predicted octanol–water partition coefficient (Wildman–Crippen LogP) is 3.55. The van der Waals surface area contributed by atoms with Gasteiger partial charge in [0, 0.05) is 0 Å². The molecule has 1 fully saturated rings. The number of ketones is 1. The van der Waals surface area contributed by atoms with Gasteiger partial charge in [-0.3, -0.25) is 4.79 Å². The molecular formula is C22H19NO. The Hall–Kier alpha value is -2.71. The van der Waals surface area contributed by atoms with E-state index in [1.165, 1.54) is 0 Å². The summed E-state index contributed by atoms with van der Waals surface area (Å²) >= 11 is 0. The van der Waals surface area contributed by atoms with E-state index in [1.807, 2.05) is 54.6 Å². The van der Waals surface area contributed by atoms with Gasteiger partial charge in [0.25, 0.3) is 0 Å². The maximum absolute atomic E-state index is 12.5. The minimum atomic E-state index is -0.541. The van der Waals surface area contributed by atoms with Crippen LogP contribution in [0.1, 0.15) is 16.7 Å². The fourth-order valence-corrected chi connectivity index (χ4v) is 3.88. The van der Waals surface area contributed by atoms with Gasteiger partial charge in [0.2, 0.25) is 0 Å². The van der Waals surface area contributed by atoms with E-state index in [0.717, 1.165) is 16.7 Å². The van der Waals surface area contributed by atoms with E-state index < -0.39 is 11.5 Å². The normalized spacial score (nSPS) is 20.0. The van der Waals surface area contributed by atoms with Crippen LogP contribution in [0.5, 0.6) is 0 Å². The number of Topliss-reactive ketones (excluding diaryl/α,β-unsaturated/α-hetero) is 1. The molecule has 3 aromatic carbocycles. The summed E-state index contributed by atoms with van der Waals surface area (Å²) in [6, 6.07) is 30.3. The third kappa shape index (κ3) is 2.11. The van der Waals surface area contributed by atoms with E-state index in [4.69, 9.17) is 5.73 Å². The Bertz CT molecular complexity index is 746. The molecular weight excluding hydrogens is 294 g/mol. The highest BCUT2D eigenvalue weighted by Gasteiger charge is 2.61. The first-order valence-electron chi connectivity index (χ1n) is 8.22. The molecule has 1 aliphatic carbocycles. The lowest BCUT2D eigenvalue weighted by Gasteiger charge is -2.35.